The molecule has 4 rings (SSSR count). The molecule has 3 aliphatic heterocycles. The largest absolute Gasteiger partial charge is 0.373 e. The van der Waals surface area contributed by atoms with Crippen LogP contribution >= 0.6 is 0 Å². The molecule has 6 nitrogen and oxygen atoms in total. The highest BCUT2D eigenvalue weighted by Gasteiger charge is 2.42. The zero-order valence-electron chi connectivity index (χ0n) is 14.9. The molecule has 0 aromatic carbocycles. The first kappa shape index (κ1) is 16.9. The number of ether oxygens (including phenoxy) is 1. The number of hydrogen-bond acceptors (Lipinski definition) is 5. The van der Waals surface area contributed by atoms with E-state index in [1.165, 1.54) is 5.06 Å². The average Bonchev–Trinajstić information content (AvgIpc) is 3.13. The number of aromatic nitrogens is 1. The number of carbonyl (C=O) groups is 1. The van der Waals surface area contributed by atoms with Crippen LogP contribution < -0.4 is 0 Å². The SMILES string of the molecule is Cc1cccc(CN2C[C@@H]3C[C@H](CC(=O)N4CCCCO4)O[C@@H]3C2)n1. The molecule has 3 aliphatic rings. The lowest BCUT2D eigenvalue weighted by atomic mass is 10.0. The molecule has 25 heavy (non-hydrogen) atoms. The van der Waals surface area contributed by atoms with Crippen molar-refractivity contribution in [2.45, 2.75) is 51.4 Å². The molecule has 0 bridgehead atoms. The van der Waals surface area contributed by atoms with Gasteiger partial charge < -0.3 is 4.74 Å². The second kappa shape index (κ2) is 7.40. The summed E-state index contributed by atoms with van der Waals surface area (Å²) >= 11 is 0. The van der Waals surface area contributed by atoms with Crippen LogP contribution in [0.25, 0.3) is 0 Å². The fourth-order valence-corrected chi connectivity index (χ4v) is 4.22. The van der Waals surface area contributed by atoms with E-state index in [-0.39, 0.29) is 18.1 Å². The summed E-state index contributed by atoms with van der Waals surface area (Å²) in [6, 6.07) is 6.18. The maximum Gasteiger partial charge on any atom is 0.248 e. The lowest BCUT2D eigenvalue weighted by Crippen LogP contribution is -2.37. The van der Waals surface area contributed by atoms with Crippen molar-refractivity contribution < 1.29 is 14.4 Å². The fraction of sp³-hybridized carbons (Fsp3) is 0.684. The van der Waals surface area contributed by atoms with Gasteiger partial charge in [0.15, 0.2) is 0 Å². The second-order valence-corrected chi connectivity index (χ2v) is 7.50. The molecule has 3 fully saturated rings. The van der Waals surface area contributed by atoms with Gasteiger partial charge in [0.2, 0.25) is 5.91 Å². The summed E-state index contributed by atoms with van der Waals surface area (Å²) < 4.78 is 6.17. The van der Waals surface area contributed by atoms with Crippen LogP contribution in [0.15, 0.2) is 18.2 Å². The average molecular weight is 345 g/mol. The molecule has 3 atom stereocenters. The highest BCUT2D eigenvalue weighted by atomic mass is 16.7. The number of amides is 1. The molecular weight excluding hydrogens is 318 g/mol. The Morgan fingerprint density at radius 2 is 2.24 bits per heavy atom. The van der Waals surface area contributed by atoms with E-state index in [0.29, 0.717) is 18.9 Å². The van der Waals surface area contributed by atoms with Crippen LogP contribution in [0, 0.1) is 12.8 Å². The molecule has 4 heterocycles. The second-order valence-electron chi connectivity index (χ2n) is 7.50. The van der Waals surface area contributed by atoms with E-state index in [9.17, 15) is 4.79 Å². The summed E-state index contributed by atoms with van der Waals surface area (Å²) in [5.41, 5.74) is 2.18. The third-order valence-corrected chi connectivity index (χ3v) is 5.40. The molecule has 0 unspecified atom stereocenters. The predicted molar refractivity (Wildman–Crippen MR) is 92.5 cm³/mol. The van der Waals surface area contributed by atoms with Gasteiger partial charge in [0.25, 0.3) is 0 Å². The number of aryl methyl sites for hydroxylation is 1. The highest BCUT2D eigenvalue weighted by Crippen LogP contribution is 2.35. The number of likely N-dealkylation sites (tertiary alicyclic amines) is 1. The predicted octanol–water partition coefficient (Wildman–Crippen LogP) is 1.92. The molecule has 0 N–H and O–H groups in total. The van der Waals surface area contributed by atoms with Crippen LogP contribution in [-0.4, -0.2) is 59.3 Å². The van der Waals surface area contributed by atoms with Crippen molar-refractivity contribution in [2.24, 2.45) is 5.92 Å². The number of fused-ring (bicyclic) bond motifs is 1. The van der Waals surface area contributed by atoms with Crippen molar-refractivity contribution in [2.75, 3.05) is 26.2 Å². The molecule has 136 valence electrons. The standard InChI is InChI=1S/C19H27N3O3/c1-14-5-4-6-16(20-14)12-21-11-15-9-17(25-18(15)13-21)10-19(23)22-7-2-3-8-24-22/h4-6,15,17-18H,2-3,7-13H2,1H3/t15-,17+,18+/m0/s1. The lowest BCUT2D eigenvalue weighted by Gasteiger charge is -2.27. The number of pyridine rings is 1. The van der Waals surface area contributed by atoms with Crippen molar-refractivity contribution in [1.29, 1.82) is 0 Å². The van der Waals surface area contributed by atoms with Gasteiger partial charge in [-0.15, -0.1) is 0 Å². The van der Waals surface area contributed by atoms with Crippen molar-refractivity contribution in [1.82, 2.24) is 14.9 Å². The van der Waals surface area contributed by atoms with Crippen molar-refractivity contribution in [3.8, 4) is 0 Å². The monoisotopic (exact) mass is 345 g/mol. The zero-order valence-corrected chi connectivity index (χ0v) is 14.9. The topological polar surface area (TPSA) is 54.9 Å². The lowest BCUT2D eigenvalue weighted by molar-refractivity contribution is -0.199. The van der Waals surface area contributed by atoms with Gasteiger partial charge >= 0.3 is 0 Å². The quantitative estimate of drug-likeness (QED) is 0.835. The summed E-state index contributed by atoms with van der Waals surface area (Å²) in [5.74, 6) is 0.607. The van der Waals surface area contributed by atoms with E-state index in [1.54, 1.807) is 0 Å². The molecule has 0 saturated carbocycles. The summed E-state index contributed by atoms with van der Waals surface area (Å²) in [6.07, 6.45) is 3.80. The maximum atomic E-state index is 12.3. The number of carbonyl (C=O) groups excluding carboxylic acids is 1. The third-order valence-electron chi connectivity index (χ3n) is 5.40. The van der Waals surface area contributed by atoms with Crippen LogP contribution in [0.2, 0.25) is 0 Å². The van der Waals surface area contributed by atoms with Crippen LogP contribution in [0.4, 0.5) is 0 Å². The Kier molecular flexibility index (Phi) is 5.01. The van der Waals surface area contributed by atoms with Crippen molar-refractivity contribution in [3.63, 3.8) is 0 Å². The molecule has 1 amide bonds. The number of nitrogens with zero attached hydrogens (tertiary/aromatic N) is 3. The van der Waals surface area contributed by atoms with E-state index in [2.05, 4.69) is 22.0 Å². The van der Waals surface area contributed by atoms with E-state index in [0.717, 1.165) is 56.8 Å². The van der Waals surface area contributed by atoms with E-state index >= 15 is 0 Å². The Morgan fingerprint density at radius 1 is 1.32 bits per heavy atom. The van der Waals surface area contributed by atoms with Gasteiger partial charge in [-0.05, 0) is 38.3 Å². The van der Waals surface area contributed by atoms with E-state index in [4.69, 9.17) is 9.57 Å². The molecule has 1 aromatic rings. The molecule has 0 aliphatic carbocycles. The van der Waals surface area contributed by atoms with Gasteiger partial charge in [0.1, 0.15) is 0 Å². The third kappa shape index (κ3) is 4.02. The van der Waals surface area contributed by atoms with Crippen molar-refractivity contribution in [3.05, 3.63) is 29.6 Å². The Hall–Kier alpha value is -1.50. The van der Waals surface area contributed by atoms with Crippen LogP contribution in [0.3, 0.4) is 0 Å². The highest BCUT2D eigenvalue weighted by molar-refractivity contribution is 5.75. The van der Waals surface area contributed by atoms with Gasteiger partial charge in [0, 0.05) is 37.8 Å². The zero-order chi connectivity index (χ0) is 17.2. The molecule has 3 saturated heterocycles. The molecule has 0 radical (unpaired) electrons. The fourth-order valence-electron chi connectivity index (χ4n) is 4.22. The Labute approximate surface area is 149 Å². The van der Waals surface area contributed by atoms with Gasteiger partial charge in [-0.25, -0.2) is 5.06 Å². The molecular formula is C19H27N3O3. The summed E-state index contributed by atoms with van der Waals surface area (Å²) in [6.45, 7) is 6.25. The van der Waals surface area contributed by atoms with E-state index < -0.39 is 0 Å². The smallest absolute Gasteiger partial charge is 0.248 e. The maximum absolute atomic E-state index is 12.3. The Balaban J connectivity index is 1.25. The van der Waals surface area contributed by atoms with Gasteiger partial charge in [-0.3, -0.25) is 19.5 Å². The van der Waals surface area contributed by atoms with Crippen molar-refractivity contribution >= 4 is 5.91 Å². The molecule has 6 heteroatoms. The first-order chi connectivity index (χ1) is 12.2. The van der Waals surface area contributed by atoms with Crippen LogP contribution in [0.1, 0.15) is 37.1 Å². The first-order valence-corrected chi connectivity index (χ1v) is 9.41. The van der Waals surface area contributed by atoms with Crippen LogP contribution in [0.5, 0.6) is 0 Å². The number of rotatable bonds is 4. The minimum atomic E-state index is 0.0484. The van der Waals surface area contributed by atoms with Gasteiger partial charge in [-0.1, -0.05) is 6.07 Å². The normalized spacial score (nSPS) is 29.8. The Morgan fingerprint density at radius 3 is 3.00 bits per heavy atom. The first-order valence-electron chi connectivity index (χ1n) is 9.41. The minimum Gasteiger partial charge on any atom is -0.373 e. The van der Waals surface area contributed by atoms with Gasteiger partial charge in [-0.2, -0.15) is 0 Å². The Bertz CT molecular complexity index is 604. The molecule has 0 spiro atoms. The van der Waals surface area contributed by atoms with Gasteiger partial charge in [0.05, 0.1) is 30.9 Å². The van der Waals surface area contributed by atoms with Crippen LogP contribution in [-0.2, 0) is 20.9 Å². The minimum absolute atomic E-state index is 0.0484. The summed E-state index contributed by atoms with van der Waals surface area (Å²) in [7, 11) is 0. The summed E-state index contributed by atoms with van der Waals surface area (Å²) in [4.78, 5) is 24.8. The van der Waals surface area contributed by atoms with E-state index in [1.807, 2.05) is 13.0 Å². The number of hydrogen-bond donors (Lipinski definition) is 0. The molecule has 1 aromatic heterocycles. The number of hydroxylamine groups is 2. The summed E-state index contributed by atoms with van der Waals surface area (Å²) in [5, 5.41) is 1.54.